The molecule has 0 aliphatic rings. The van der Waals surface area contributed by atoms with Gasteiger partial charge in [-0.3, -0.25) is 4.79 Å². The van der Waals surface area contributed by atoms with Gasteiger partial charge in [0.25, 0.3) is 0 Å². The maximum atomic E-state index is 12.6. The van der Waals surface area contributed by atoms with E-state index in [1.807, 2.05) is 32.9 Å². The first-order valence-electron chi connectivity index (χ1n) is 8.03. The molecule has 2 atom stereocenters. The molecule has 2 aromatic carbocycles. The van der Waals surface area contributed by atoms with Gasteiger partial charge in [-0.1, -0.05) is 88.4 Å². The van der Waals surface area contributed by atoms with E-state index in [0.717, 1.165) is 0 Å². The monoisotopic (exact) mass is 294 g/mol. The van der Waals surface area contributed by atoms with Crippen molar-refractivity contribution in [2.24, 2.45) is 5.41 Å². The first kappa shape index (κ1) is 16.5. The van der Waals surface area contributed by atoms with Gasteiger partial charge in [0.2, 0.25) is 0 Å². The highest BCUT2D eigenvalue weighted by molar-refractivity contribution is 5.84. The van der Waals surface area contributed by atoms with Crippen LogP contribution in [0.3, 0.4) is 0 Å². The van der Waals surface area contributed by atoms with Gasteiger partial charge in [0.05, 0.1) is 0 Å². The number of rotatable bonds is 5. The summed E-state index contributed by atoms with van der Waals surface area (Å²) in [6, 6.07) is 20.9. The Labute approximate surface area is 134 Å². The lowest BCUT2D eigenvalue weighted by Gasteiger charge is -2.27. The van der Waals surface area contributed by atoms with Crippen molar-refractivity contribution in [3.63, 3.8) is 0 Å². The van der Waals surface area contributed by atoms with E-state index >= 15 is 0 Å². The van der Waals surface area contributed by atoms with E-state index in [1.54, 1.807) is 0 Å². The summed E-state index contributed by atoms with van der Waals surface area (Å²) in [5.74, 6) is 0.856. The molecule has 0 amide bonds. The molecule has 0 aromatic heterocycles. The Balaban J connectivity index is 2.32. The third-order valence-electron chi connectivity index (χ3n) is 4.40. The Bertz CT molecular complexity index is 593. The van der Waals surface area contributed by atoms with Gasteiger partial charge in [-0.15, -0.1) is 0 Å². The Kier molecular flexibility index (Phi) is 5.18. The standard InChI is InChI=1S/C21H26O/c1-16(17-11-7-5-8-12-17)19(15-20(22)21(2,3)4)18-13-9-6-10-14-18/h5-14,16,19H,15H2,1-4H3/t16-,19-/m0/s1. The van der Waals surface area contributed by atoms with Crippen LogP contribution in [0, 0.1) is 5.41 Å². The Morgan fingerprint density at radius 2 is 1.32 bits per heavy atom. The highest BCUT2D eigenvalue weighted by Gasteiger charge is 2.29. The first-order chi connectivity index (χ1) is 10.4. The molecule has 2 rings (SSSR count). The van der Waals surface area contributed by atoms with Crippen molar-refractivity contribution in [2.75, 3.05) is 0 Å². The second kappa shape index (κ2) is 6.91. The molecule has 1 heteroatoms. The number of carbonyl (C=O) groups is 1. The summed E-state index contributed by atoms with van der Waals surface area (Å²) in [5.41, 5.74) is 2.25. The lowest BCUT2D eigenvalue weighted by atomic mass is 9.76. The Morgan fingerprint density at radius 1 is 0.864 bits per heavy atom. The topological polar surface area (TPSA) is 17.1 Å². The fourth-order valence-electron chi connectivity index (χ4n) is 2.78. The minimum Gasteiger partial charge on any atom is -0.299 e. The molecule has 0 aliphatic carbocycles. The van der Waals surface area contributed by atoms with Crippen molar-refractivity contribution < 1.29 is 4.79 Å². The molecule has 0 N–H and O–H groups in total. The van der Waals surface area contributed by atoms with Crippen LogP contribution in [0.1, 0.15) is 57.1 Å². The smallest absolute Gasteiger partial charge is 0.138 e. The number of carbonyl (C=O) groups excluding carboxylic acids is 1. The maximum Gasteiger partial charge on any atom is 0.138 e. The average Bonchev–Trinajstić information content (AvgIpc) is 2.52. The lowest BCUT2D eigenvalue weighted by Crippen LogP contribution is -2.24. The van der Waals surface area contributed by atoms with E-state index in [2.05, 4.69) is 55.5 Å². The second-order valence-corrected chi connectivity index (χ2v) is 7.09. The molecule has 0 radical (unpaired) electrons. The molecule has 0 heterocycles. The number of hydrogen-bond acceptors (Lipinski definition) is 1. The van der Waals surface area contributed by atoms with Gasteiger partial charge >= 0.3 is 0 Å². The fraction of sp³-hybridized carbons (Fsp3) is 0.381. The van der Waals surface area contributed by atoms with E-state index in [0.29, 0.717) is 18.1 Å². The van der Waals surface area contributed by atoms with Crippen molar-refractivity contribution >= 4 is 5.78 Å². The molecule has 0 saturated heterocycles. The van der Waals surface area contributed by atoms with E-state index in [4.69, 9.17) is 0 Å². The summed E-state index contributed by atoms with van der Waals surface area (Å²) in [6.07, 6.45) is 0.587. The summed E-state index contributed by atoms with van der Waals surface area (Å²) in [7, 11) is 0. The highest BCUT2D eigenvalue weighted by atomic mass is 16.1. The number of ketones is 1. The van der Waals surface area contributed by atoms with Crippen molar-refractivity contribution in [2.45, 2.75) is 46.0 Å². The van der Waals surface area contributed by atoms with Crippen LogP contribution in [0.4, 0.5) is 0 Å². The van der Waals surface area contributed by atoms with Crippen molar-refractivity contribution in [3.05, 3.63) is 71.8 Å². The molecule has 22 heavy (non-hydrogen) atoms. The van der Waals surface area contributed by atoms with Crippen LogP contribution in [0.5, 0.6) is 0 Å². The summed E-state index contributed by atoms with van der Waals surface area (Å²) in [4.78, 5) is 12.6. The predicted octanol–water partition coefficient (Wildman–Crippen LogP) is 5.58. The fourth-order valence-corrected chi connectivity index (χ4v) is 2.78. The molecule has 116 valence electrons. The van der Waals surface area contributed by atoms with Crippen molar-refractivity contribution in [1.29, 1.82) is 0 Å². The number of hydrogen-bond donors (Lipinski definition) is 0. The second-order valence-electron chi connectivity index (χ2n) is 7.09. The van der Waals surface area contributed by atoms with Crippen LogP contribution in [-0.4, -0.2) is 5.78 Å². The molecule has 0 unspecified atom stereocenters. The molecule has 0 fully saturated rings. The molecule has 0 aliphatic heterocycles. The Morgan fingerprint density at radius 3 is 1.77 bits per heavy atom. The normalized spacial score (nSPS) is 14.4. The Hall–Kier alpha value is -1.89. The van der Waals surface area contributed by atoms with Gasteiger partial charge in [0, 0.05) is 11.8 Å². The van der Waals surface area contributed by atoms with Gasteiger partial charge in [0.15, 0.2) is 0 Å². The van der Waals surface area contributed by atoms with E-state index in [-0.39, 0.29) is 11.3 Å². The molecular formula is C21H26O. The van der Waals surface area contributed by atoms with Crippen LogP contribution >= 0.6 is 0 Å². The molecule has 1 nitrogen and oxygen atoms in total. The lowest BCUT2D eigenvalue weighted by molar-refractivity contribution is -0.126. The van der Waals surface area contributed by atoms with Crippen LogP contribution in [0.25, 0.3) is 0 Å². The SMILES string of the molecule is C[C@@H](c1ccccc1)[C@H](CC(=O)C(C)(C)C)c1ccccc1. The zero-order valence-corrected chi connectivity index (χ0v) is 14.0. The predicted molar refractivity (Wildman–Crippen MR) is 93.1 cm³/mol. The van der Waals surface area contributed by atoms with Gasteiger partial charge < -0.3 is 0 Å². The zero-order chi connectivity index (χ0) is 16.2. The minimum atomic E-state index is -0.288. The van der Waals surface area contributed by atoms with E-state index < -0.39 is 0 Å². The van der Waals surface area contributed by atoms with Crippen LogP contribution < -0.4 is 0 Å². The van der Waals surface area contributed by atoms with Crippen LogP contribution in [0.2, 0.25) is 0 Å². The van der Waals surface area contributed by atoms with Gasteiger partial charge in [-0.25, -0.2) is 0 Å². The van der Waals surface area contributed by atoms with E-state index in [1.165, 1.54) is 11.1 Å². The van der Waals surface area contributed by atoms with Crippen LogP contribution in [0.15, 0.2) is 60.7 Å². The quantitative estimate of drug-likeness (QED) is 0.703. The first-order valence-corrected chi connectivity index (χ1v) is 8.03. The van der Waals surface area contributed by atoms with Crippen molar-refractivity contribution in [1.82, 2.24) is 0 Å². The van der Waals surface area contributed by atoms with Gasteiger partial charge in [0.1, 0.15) is 5.78 Å². The molecular weight excluding hydrogens is 268 g/mol. The molecule has 0 spiro atoms. The third-order valence-corrected chi connectivity index (χ3v) is 4.40. The maximum absolute atomic E-state index is 12.6. The van der Waals surface area contributed by atoms with Gasteiger partial charge in [-0.2, -0.15) is 0 Å². The number of benzene rings is 2. The summed E-state index contributed by atoms with van der Waals surface area (Å²) in [6.45, 7) is 8.24. The van der Waals surface area contributed by atoms with E-state index in [9.17, 15) is 4.79 Å². The van der Waals surface area contributed by atoms with Gasteiger partial charge in [-0.05, 0) is 23.0 Å². The number of Topliss-reactive ketones (excluding diaryl/α,β-unsaturated/α-hetero) is 1. The molecule has 0 bridgehead atoms. The average molecular weight is 294 g/mol. The van der Waals surface area contributed by atoms with Crippen molar-refractivity contribution in [3.8, 4) is 0 Å². The summed E-state index contributed by atoms with van der Waals surface area (Å²) in [5, 5.41) is 0. The minimum absolute atomic E-state index is 0.218. The zero-order valence-electron chi connectivity index (χ0n) is 14.0. The highest BCUT2D eigenvalue weighted by Crippen LogP contribution is 2.37. The van der Waals surface area contributed by atoms with Crippen LogP contribution in [-0.2, 0) is 4.79 Å². The summed E-state index contributed by atoms with van der Waals surface area (Å²) < 4.78 is 0. The third kappa shape index (κ3) is 4.07. The molecule has 2 aromatic rings. The molecule has 0 saturated carbocycles. The largest absolute Gasteiger partial charge is 0.299 e. The summed E-state index contributed by atoms with van der Waals surface area (Å²) >= 11 is 0.